The predicted octanol–water partition coefficient (Wildman–Crippen LogP) is 0.588. The van der Waals surface area contributed by atoms with Gasteiger partial charge in [0, 0.05) is 7.05 Å². The third kappa shape index (κ3) is 2.13. The number of carbonyl (C=O) groups is 1. The third-order valence-electron chi connectivity index (χ3n) is 1.13. The summed E-state index contributed by atoms with van der Waals surface area (Å²) < 4.78 is 16.7. The van der Waals surface area contributed by atoms with E-state index in [9.17, 15) is 9.18 Å². The van der Waals surface area contributed by atoms with E-state index in [0.717, 1.165) is 7.11 Å². The molecule has 1 unspecified atom stereocenters. The molecule has 0 aromatic carbocycles. The standard InChI is InChI=1S/C6H10FNO2/c1-4(8-2)5(7)6(9)10-3/h5H,1-3H3/b8-4-. The maximum atomic E-state index is 12.6. The highest BCUT2D eigenvalue weighted by molar-refractivity contribution is 6.03. The Morgan fingerprint density at radius 3 is 2.50 bits per heavy atom. The zero-order chi connectivity index (χ0) is 8.15. The van der Waals surface area contributed by atoms with Gasteiger partial charge in [-0.05, 0) is 6.92 Å². The molecule has 0 saturated heterocycles. The van der Waals surface area contributed by atoms with Crippen LogP contribution >= 0.6 is 0 Å². The highest BCUT2D eigenvalue weighted by Crippen LogP contribution is 1.96. The number of carbonyl (C=O) groups excluding carboxylic acids is 1. The Morgan fingerprint density at radius 1 is 1.70 bits per heavy atom. The lowest BCUT2D eigenvalue weighted by molar-refractivity contribution is -0.143. The molecule has 0 aliphatic carbocycles. The first kappa shape index (κ1) is 9.07. The molecular weight excluding hydrogens is 137 g/mol. The Bertz CT molecular complexity index is 156. The van der Waals surface area contributed by atoms with Crippen LogP contribution in [0.1, 0.15) is 6.92 Å². The summed E-state index contributed by atoms with van der Waals surface area (Å²) in [5, 5.41) is 0. The van der Waals surface area contributed by atoms with Crippen molar-refractivity contribution in [1.82, 2.24) is 0 Å². The second kappa shape index (κ2) is 3.98. The van der Waals surface area contributed by atoms with Gasteiger partial charge < -0.3 is 4.74 Å². The highest BCUT2D eigenvalue weighted by Gasteiger charge is 2.19. The molecule has 3 nitrogen and oxygen atoms in total. The number of esters is 1. The van der Waals surface area contributed by atoms with Crippen LogP contribution in [-0.2, 0) is 9.53 Å². The van der Waals surface area contributed by atoms with Crippen LogP contribution in [0.4, 0.5) is 4.39 Å². The average molecular weight is 147 g/mol. The van der Waals surface area contributed by atoms with Crippen molar-refractivity contribution >= 4 is 11.7 Å². The molecule has 0 bridgehead atoms. The summed E-state index contributed by atoms with van der Waals surface area (Å²) in [7, 11) is 2.56. The van der Waals surface area contributed by atoms with Crippen molar-refractivity contribution in [3.63, 3.8) is 0 Å². The molecule has 0 amide bonds. The Hall–Kier alpha value is -0.930. The van der Waals surface area contributed by atoms with E-state index in [2.05, 4.69) is 9.73 Å². The summed E-state index contributed by atoms with van der Waals surface area (Å²) in [5.74, 6) is -0.900. The number of nitrogens with zero attached hydrogens (tertiary/aromatic N) is 1. The largest absolute Gasteiger partial charge is 0.467 e. The van der Waals surface area contributed by atoms with Gasteiger partial charge in [0.1, 0.15) is 0 Å². The van der Waals surface area contributed by atoms with E-state index in [-0.39, 0.29) is 5.71 Å². The first-order valence-electron chi connectivity index (χ1n) is 2.78. The Kier molecular flexibility index (Phi) is 3.61. The van der Waals surface area contributed by atoms with Crippen LogP contribution in [0.3, 0.4) is 0 Å². The van der Waals surface area contributed by atoms with E-state index in [1.807, 2.05) is 0 Å². The van der Waals surface area contributed by atoms with Gasteiger partial charge in [0.15, 0.2) is 0 Å². The Balaban J connectivity index is 4.08. The van der Waals surface area contributed by atoms with Crippen LogP contribution < -0.4 is 0 Å². The molecule has 0 radical (unpaired) electrons. The predicted molar refractivity (Wildman–Crippen MR) is 35.9 cm³/mol. The van der Waals surface area contributed by atoms with Crippen molar-refractivity contribution in [1.29, 1.82) is 0 Å². The van der Waals surface area contributed by atoms with Gasteiger partial charge in [0.05, 0.1) is 12.8 Å². The average Bonchev–Trinajstić information content (AvgIpc) is 2.00. The number of halogens is 1. The molecule has 0 aromatic heterocycles. The number of hydrogen-bond donors (Lipinski definition) is 0. The van der Waals surface area contributed by atoms with Crippen molar-refractivity contribution in [2.75, 3.05) is 14.2 Å². The molecule has 0 heterocycles. The first-order chi connectivity index (χ1) is 4.63. The van der Waals surface area contributed by atoms with Gasteiger partial charge >= 0.3 is 5.97 Å². The number of aliphatic imine (C=N–C) groups is 1. The van der Waals surface area contributed by atoms with Gasteiger partial charge in [-0.2, -0.15) is 0 Å². The molecule has 0 N–H and O–H groups in total. The van der Waals surface area contributed by atoms with Gasteiger partial charge in [0.2, 0.25) is 6.17 Å². The maximum absolute atomic E-state index is 12.6. The van der Waals surface area contributed by atoms with Gasteiger partial charge in [-0.15, -0.1) is 0 Å². The van der Waals surface area contributed by atoms with E-state index in [1.54, 1.807) is 0 Å². The highest BCUT2D eigenvalue weighted by atomic mass is 19.1. The minimum absolute atomic E-state index is 0.131. The molecule has 4 heteroatoms. The third-order valence-corrected chi connectivity index (χ3v) is 1.13. The lowest BCUT2D eigenvalue weighted by atomic mass is 10.3. The second-order valence-electron chi connectivity index (χ2n) is 1.75. The van der Waals surface area contributed by atoms with Crippen LogP contribution in [0, 0.1) is 0 Å². The fraction of sp³-hybridized carbons (Fsp3) is 0.667. The molecule has 0 aromatic rings. The summed E-state index contributed by atoms with van der Waals surface area (Å²) in [5.41, 5.74) is 0.131. The SMILES string of the molecule is C/N=C(/C)C(F)C(=O)OC. The quantitative estimate of drug-likeness (QED) is 0.423. The van der Waals surface area contributed by atoms with Gasteiger partial charge in [-0.25, -0.2) is 9.18 Å². The van der Waals surface area contributed by atoms with Crippen LogP contribution in [0.2, 0.25) is 0 Å². The minimum Gasteiger partial charge on any atom is -0.467 e. The van der Waals surface area contributed by atoms with E-state index < -0.39 is 12.1 Å². The van der Waals surface area contributed by atoms with E-state index in [4.69, 9.17) is 0 Å². The van der Waals surface area contributed by atoms with E-state index in [1.165, 1.54) is 14.0 Å². The molecule has 1 atom stereocenters. The van der Waals surface area contributed by atoms with Crippen LogP contribution in [0.15, 0.2) is 4.99 Å². The molecule has 0 rings (SSSR count). The summed E-state index contributed by atoms with van der Waals surface area (Å²) in [6, 6.07) is 0. The monoisotopic (exact) mass is 147 g/mol. The Morgan fingerprint density at radius 2 is 2.20 bits per heavy atom. The fourth-order valence-electron chi connectivity index (χ4n) is 0.387. The lowest BCUT2D eigenvalue weighted by Crippen LogP contribution is -2.24. The van der Waals surface area contributed by atoms with Crippen LogP contribution in [0.25, 0.3) is 0 Å². The maximum Gasteiger partial charge on any atom is 0.346 e. The second-order valence-corrected chi connectivity index (χ2v) is 1.75. The summed E-state index contributed by atoms with van der Waals surface area (Å²) in [6.45, 7) is 1.43. The smallest absolute Gasteiger partial charge is 0.346 e. The Labute approximate surface area is 58.9 Å². The van der Waals surface area contributed by atoms with Gasteiger partial charge in [0.25, 0.3) is 0 Å². The molecule has 0 aliphatic rings. The lowest BCUT2D eigenvalue weighted by Gasteiger charge is -2.02. The number of rotatable bonds is 2. The molecular formula is C6H10FNO2. The summed E-state index contributed by atoms with van der Waals surface area (Å²) in [6.07, 6.45) is -1.71. The first-order valence-corrected chi connectivity index (χ1v) is 2.78. The molecule has 10 heavy (non-hydrogen) atoms. The zero-order valence-electron chi connectivity index (χ0n) is 6.22. The number of hydrogen-bond acceptors (Lipinski definition) is 3. The fourth-order valence-corrected chi connectivity index (χ4v) is 0.387. The van der Waals surface area contributed by atoms with Crippen molar-refractivity contribution in [2.45, 2.75) is 13.1 Å². The minimum atomic E-state index is -1.71. The van der Waals surface area contributed by atoms with Crippen LogP contribution in [-0.4, -0.2) is 32.0 Å². The van der Waals surface area contributed by atoms with Gasteiger partial charge in [-0.3, -0.25) is 4.99 Å². The van der Waals surface area contributed by atoms with Gasteiger partial charge in [-0.1, -0.05) is 0 Å². The molecule has 0 spiro atoms. The normalized spacial score (nSPS) is 14.6. The number of methoxy groups -OCH3 is 1. The van der Waals surface area contributed by atoms with Crippen molar-refractivity contribution in [3.05, 3.63) is 0 Å². The topological polar surface area (TPSA) is 38.7 Å². The molecule has 58 valence electrons. The number of ether oxygens (including phenoxy) is 1. The van der Waals surface area contributed by atoms with E-state index >= 15 is 0 Å². The zero-order valence-corrected chi connectivity index (χ0v) is 6.22. The summed E-state index contributed by atoms with van der Waals surface area (Å²) in [4.78, 5) is 13.9. The number of alkyl halides is 1. The van der Waals surface area contributed by atoms with Crippen LogP contribution in [0.5, 0.6) is 0 Å². The summed E-state index contributed by atoms with van der Waals surface area (Å²) >= 11 is 0. The van der Waals surface area contributed by atoms with Crippen molar-refractivity contribution < 1.29 is 13.9 Å². The van der Waals surface area contributed by atoms with Crippen molar-refractivity contribution in [2.24, 2.45) is 4.99 Å². The molecule has 0 saturated carbocycles. The molecule has 0 aliphatic heterocycles. The molecule has 0 fully saturated rings. The van der Waals surface area contributed by atoms with E-state index in [0.29, 0.717) is 0 Å². The van der Waals surface area contributed by atoms with Crippen molar-refractivity contribution in [3.8, 4) is 0 Å².